The molecule has 0 radical (unpaired) electrons. The fourth-order valence-corrected chi connectivity index (χ4v) is 11.7. The van der Waals surface area contributed by atoms with Gasteiger partial charge in [-0.25, -0.2) is 9.97 Å². The van der Waals surface area contributed by atoms with Crippen LogP contribution in [0.3, 0.4) is 0 Å². The number of alkyl halides is 1. The van der Waals surface area contributed by atoms with Crippen LogP contribution in [0.4, 0.5) is 10.3 Å². The Hall–Kier alpha value is -11.0. The van der Waals surface area contributed by atoms with E-state index in [1.54, 1.807) is 111 Å². The first-order valence-electron chi connectivity index (χ1n) is 31.5. The minimum absolute atomic E-state index is 0. The van der Waals surface area contributed by atoms with Crippen LogP contribution >= 0.6 is 54.5 Å². The average molecular weight is 1590 g/mol. The molecule has 10 aromatic carbocycles. The van der Waals surface area contributed by atoms with Crippen LogP contribution in [0.2, 0.25) is 0 Å². The number of carbonyl (C=O) groups excluding carboxylic acids is 3. The molecule has 0 aliphatic rings. The molecule has 24 heteroatoms. The SMILES string of the molecule is C.COc1ccc(-c2ccc(OC)c(-c3csc(N)n3)c2)cc1.COc1ccc(-c2ccc(OC)c(C(=O)CBr)c2)cc1.COc1ccc(-c2ccc(OC)c(C(C)=O)c2)cc1.COc1ccc(B(O)O)cc1.COc1ccc(Br)cc1C(C)=O.Nc1nc(-c2cc(-c3ccc(O)cc3)ccc2O)cs1. The number of anilines is 2. The highest BCUT2D eigenvalue weighted by atomic mass is 79.9. The molecule has 19 nitrogen and oxygen atoms in total. The average Bonchev–Trinajstić information content (AvgIpc) is 1.13. The van der Waals surface area contributed by atoms with E-state index in [9.17, 15) is 24.6 Å². The number of aromatic nitrogens is 2. The minimum Gasteiger partial charge on any atom is -0.508 e. The van der Waals surface area contributed by atoms with Gasteiger partial charge in [-0.3, -0.25) is 14.4 Å². The summed E-state index contributed by atoms with van der Waals surface area (Å²) in [6.07, 6.45) is 0. The van der Waals surface area contributed by atoms with Gasteiger partial charge in [-0.15, -0.1) is 22.7 Å². The Morgan fingerprint density at radius 3 is 1.10 bits per heavy atom. The van der Waals surface area contributed by atoms with Crippen LogP contribution in [0.1, 0.15) is 52.3 Å². The first kappa shape index (κ1) is 83.0. The van der Waals surface area contributed by atoms with Crippen LogP contribution in [-0.2, 0) is 0 Å². The van der Waals surface area contributed by atoms with Gasteiger partial charge in [0.15, 0.2) is 27.6 Å². The van der Waals surface area contributed by atoms with Gasteiger partial charge in [-0.2, -0.15) is 0 Å². The van der Waals surface area contributed by atoms with Gasteiger partial charge in [0.1, 0.15) is 57.5 Å². The van der Waals surface area contributed by atoms with Crippen molar-refractivity contribution in [2.24, 2.45) is 0 Å². The molecule has 0 bridgehead atoms. The lowest BCUT2D eigenvalue weighted by Crippen LogP contribution is -2.29. The summed E-state index contributed by atoms with van der Waals surface area (Å²) < 4.78 is 42.1. The third-order valence-electron chi connectivity index (χ3n) is 15.4. The van der Waals surface area contributed by atoms with Crippen molar-refractivity contribution in [3.8, 4) is 125 Å². The normalized spacial score (nSPS) is 10.0. The van der Waals surface area contributed by atoms with Crippen LogP contribution < -0.4 is 54.8 Å². The molecule has 0 unspecified atom stereocenters. The van der Waals surface area contributed by atoms with E-state index in [1.807, 2.05) is 162 Å². The number of benzene rings is 10. The number of aromatic hydroxyl groups is 2. The highest BCUT2D eigenvalue weighted by Crippen LogP contribution is 2.38. The van der Waals surface area contributed by atoms with Crippen molar-refractivity contribution in [3.05, 3.63) is 244 Å². The van der Waals surface area contributed by atoms with E-state index in [0.717, 1.165) is 83.2 Å². The maximum absolute atomic E-state index is 11.9. The van der Waals surface area contributed by atoms with Crippen molar-refractivity contribution in [3.63, 3.8) is 0 Å². The largest absolute Gasteiger partial charge is 0.508 e. The van der Waals surface area contributed by atoms with Gasteiger partial charge >= 0.3 is 7.12 Å². The third-order valence-corrected chi connectivity index (χ3v) is 17.8. The molecule has 2 heterocycles. The predicted octanol–water partition coefficient (Wildman–Crippen LogP) is 17.7. The van der Waals surface area contributed by atoms with Crippen LogP contribution in [0.15, 0.2) is 228 Å². The number of methoxy groups -OCH3 is 8. The first-order chi connectivity index (χ1) is 50.1. The van der Waals surface area contributed by atoms with Gasteiger partial charge in [-0.05, 0) is 191 Å². The maximum atomic E-state index is 11.9. The quantitative estimate of drug-likeness (QED) is 0.0249. The van der Waals surface area contributed by atoms with Gasteiger partial charge in [0.25, 0.3) is 0 Å². The lowest BCUT2D eigenvalue weighted by molar-refractivity contribution is 0.100. The molecule has 0 aliphatic carbocycles. The number of hydrogen-bond acceptors (Lipinski definition) is 21. The lowest BCUT2D eigenvalue weighted by Gasteiger charge is -2.10. The predicted molar refractivity (Wildman–Crippen MR) is 430 cm³/mol. The molecule has 12 aromatic rings. The summed E-state index contributed by atoms with van der Waals surface area (Å²) in [5, 5.41) is 41.7. The molecule has 105 heavy (non-hydrogen) atoms. The number of rotatable bonds is 19. The van der Waals surface area contributed by atoms with Gasteiger partial charge in [0, 0.05) is 26.4 Å². The van der Waals surface area contributed by atoms with Crippen molar-refractivity contribution in [2.45, 2.75) is 21.3 Å². The number of nitrogens with zero attached hydrogens (tertiary/aromatic N) is 2. The Morgan fingerprint density at radius 1 is 0.410 bits per heavy atom. The standard InChI is InChI=1S/C17H16N2O2S.C16H15BrO3.C16H16O3.C15H12N2O2S.C9H9BrO2.C7H9BO3.CH4/c1-20-13-6-3-11(4-7-13)12-5-8-16(21-2)14(9-12)15-10-22-17(18)19-15;1-19-13-6-3-11(4-7-13)12-5-8-16(20-2)14(9-12)15(18)10-17;1-11(17)15-10-13(6-9-16(15)19-3)12-4-7-14(18-2)8-5-12;16-15-17-13(8-20-15)12-7-10(3-6-14(12)19)9-1-4-11(18)5-2-9;1-6(11)8-5-7(10)3-4-9(8)12-2;1-11-7-4-2-6(3-5-7)8(9)10;/h3-10H,1-2H3,(H2,18,19);3-9H,10H2,1-2H3;4-10H,1-3H3;1-8,18-19H,(H2,16,17);3-5H,1-2H3;2-5,9-10H,1H3;1H4. The number of ketones is 3. The van der Waals surface area contributed by atoms with E-state index < -0.39 is 7.12 Å². The summed E-state index contributed by atoms with van der Waals surface area (Å²) >= 11 is 9.23. The second kappa shape index (κ2) is 41.3. The van der Waals surface area contributed by atoms with E-state index >= 15 is 0 Å². The number of thiazole rings is 2. The van der Waals surface area contributed by atoms with E-state index in [1.165, 1.54) is 36.5 Å². The third kappa shape index (κ3) is 23.8. The number of ether oxygens (including phenoxy) is 8. The number of phenolic OH excluding ortho intramolecular Hbond substituents is 2. The lowest BCUT2D eigenvalue weighted by atomic mass is 9.80. The Labute approximate surface area is 636 Å². The molecule has 0 atom stereocenters. The van der Waals surface area contributed by atoms with Crippen LogP contribution in [0, 0.1) is 0 Å². The summed E-state index contributed by atoms with van der Waals surface area (Å²) in [6, 6.07) is 64.7. The van der Waals surface area contributed by atoms with E-state index in [-0.39, 0.29) is 41.6 Å². The Morgan fingerprint density at radius 2 is 0.733 bits per heavy atom. The van der Waals surface area contributed by atoms with E-state index in [0.29, 0.717) is 66.7 Å². The van der Waals surface area contributed by atoms with Crippen LogP contribution in [0.5, 0.6) is 57.5 Å². The van der Waals surface area contributed by atoms with Gasteiger partial charge < -0.3 is 69.6 Å². The van der Waals surface area contributed by atoms with Gasteiger partial charge in [0.05, 0.1) is 90.3 Å². The molecule has 2 aromatic heterocycles. The summed E-state index contributed by atoms with van der Waals surface area (Å²) in [6.45, 7) is 3.06. The number of carbonyl (C=O) groups is 3. The second-order valence-electron chi connectivity index (χ2n) is 22.0. The summed E-state index contributed by atoms with van der Waals surface area (Å²) in [5.74, 6) is 6.13. The molecule has 0 amide bonds. The molecule has 12 rings (SSSR count). The summed E-state index contributed by atoms with van der Waals surface area (Å²) in [5.41, 5.74) is 24.8. The molecule has 8 N–H and O–H groups in total. The van der Waals surface area contributed by atoms with Crippen molar-refractivity contribution >= 4 is 94.7 Å². The minimum atomic E-state index is -1.40. The number of nitrogen functional groups attached to an aromatic ring is 2. The molecule has 0 aliphatic heterocycles. The Balaban J connectivity index is 0.000000200. The zero-order valence-corrected chi connectivity index (χ0v) is 63.4. The van der Waals surface area contributed by atoms with Crippen LogP contribution in [-0.4, -0.2) is 117 Å². The second-order valence-corrected chi connectivity index (χ2v) is 25.3. The molecule has 0 saturated heterocycles. The van der Waals surface area contributed by atoms with Crippen molar-refractivity contribution < 1.29 is 72.5 Å². The highest BCUT2D eigenvalue weighted by Gasteiger charge is 2.17. The molecule has 0 fully saturated rings. The molecule has 0 spiro atoms. The van der Waals surface area contributed by atoms with Gasteiger partial charge in [-0.1, -0.05) is 124 Å². The zero-order chi connectivity index (χ0) is 75.4. The number of halogens is 2. The maximum Gasteiger partial charge on any atom is 0.488 e. The van der Waals surface area contributed by atoms with Crippen molar-refractivity contribution in [1.82, 2.24) is 9.97 Å². The Kier molecular flexibility index (Phi) is 32.7. The van der Waals surface area contributed by atoms with Gasteiger partial charge in [0.2, 0.25) is 0 Å². The highest BCUT2D eigenvalue weighted by molar-refractivity contribution is 9.10. The zero-order valence-electron chi connectivity index (χ0n) is 58.5. The fourth-order valence-electron chi connectivity index (χ4n) is 9.91. The molecule has 0 saturated carbocycles. The first-order valence-corrected chi connectivity index (χ1v) is 35.2. The van der Waals surface area contributed by atoms with Crippen LogP contribution in [0.25, 0.3) is 67.0 Å². The monoisotopic (exact) mass is 1580 g/mol. The molecular formula is C81H81BBr2N4O15S2. The summed E-state index contributed by atoms with van der Waals surface area (Å²) in [4.78, 5) is 43.2. The Bertz CT molecular complexity index is 4770. The number of phenols is 2. The van der Waals surface area contributed by atoms with Crippen molar-refractivity contribution in [2.75, 3.05) is 73.7 Å². The number of hydrogen-bond donors (Lipinski definition) is 6. The topological polar surface area (TPSA) is 284 Å². The van der Waals surface area contributed by atoms with E-state index in [2.05, 4.69) is 47.9 Å². The smallest absolute Gasteiger partial charge is 0.488 e. The number of Topliss-reactive ketones (excluding diaryl/α,β-unsaturated/α-hetero) is 3. The fraction of sp³-hybridized carbons (Fsp3) is 0.148. The summed E-state index contributed by atoms with van der Waals surface area (Å²) in [7, 11) is 11.4. The molecule has 544 valence electrons. The number of nitrogens with two attached hydrogens (primary N) is 2. The molecular weight excluding hydrogens is 1500 g/mol. The van der Waals surface area contributed by atoms with E-state index in [4.69, 9.17) is 59.4 Å². The van der Waals surface area contributed by atoms with Crippen molar-refractivity contribution in [1.29, 1.82) is 0 Å².